The van der Waals surface area contributed by atoms with E-state index < -0.39 is 12.6 Å². The van der Waals surface area contributed by atoms with Crippen LogP contribution in [0.5, 0.6) is 0 Å². The monoisotopic (exact) mass is 183 g/mol. The van der Waals surface area contributed by atoms with Gasteiger partial charge in [0.25, 0.3) is 0 Å². The maximum absolute atomic E-state index is 11.6. The van der Waals surface area contributed by atoms with Gasteiger partial charge in [-0.1, -0.05) is 19.3 Å². The van der Waals surface area contributed by atoms with Gasteiger partial charge in [-0.2, -0.15) is 13.2 Å². The number of halogens is 3. The van der Waals surface area contributed by atoms with Crippen LogP contribution in [0.25, 0.3) is 0 Å². The molecule has 0 aromatic carbocycles. The molecule has 0 aliphatic rings. The summed E-state index contributed by atoms with van der Waals surface area (Å²) in [6.07, 6.45) is -1.82. The van der Waals surface area contributed by atoms with Crippen LogP contribution in [0.4, 0.5) is 13.2 Å². The summed E-state index contributed by atoms with van der Waals surface area (Å²) in [7, 11) is 0. The van der Waals surface area contributed by atoms with Crippen molar-refractivity contribution < 1.29 is 18.3 Å². The average molecular weight is 183 g/mol. The smallest absolute Gasteiger partial charge is 0.237 e. The SMILES string of the molecule is [O]CCCCCCCC(F)(F)F. The summed E-state index contributed by atoms with van der Waals surface area (Å²) >= 11 is 0. The number of hydrogen-bond donors (Lipinski definition) is 0. The maximum atomic E-state index is 11.6. The maximum Gasteiger partial charge on any atom is 0.389 e. The summed E-state index contributed by atoms with van der Waals surface area (Å²) in [5, 5.41) is 9.94. The highest BCUT2D eigenvalue weighted by molar-refractivity contribution is 4.51. The predicted molar refractivity (Wildman–Crippen MR) is 39.3 cm³/mol. The summed E-state index contributed by atoms with van der Waals surface area (Å²) in [5.41, 5.74) is 0. The van der Waals surface area contributed by atoms with Gasteiger partial charge in [0.2, 0.25) is 0 Å². The molecule has 0 fully saturated rings. The molecule has 0 saturated heterocycles. The van der Waals surface area contributed by atoms with E-state index in [0.717, 1.165) is 12.8 Å². The van der Waals surface area contributed by atoms with E-state index in [2.05, 4.69) is 0 Å². The zero-order valence-electron chi connectivity index (χ0n) is 6.99. The minimum absolute atomic E-state index is 0.112. The molecule has 1 radical (unpaired) electrons. The third kappa shape index (κ3) is 9.75. The molecule has 0 bridgehead atoms. The molecule has 0 spiro atoms. The van der Waals surface area contributed by atoms with Gasteiger partial charge in [-0.3, -0.25) is 0 Å². The Balaban J connectivity index is 3.01. The van der Waals surface area contributed by atoms with Gasteiger partial charge >= 0.3 is 6.18 Å². The second-order valence-electron chi connectivity index (χ2n) is 2.84. The van der Waals surface area contributed by atoms with Crippen molar-refractivity contribution in [2.45, 2.75) is 44.7 Å². The van der Waals surface area contributed by atoms with E-state index in [4.69, 9.17) is 0 Å². The number of hydrogen-bond acceptors (Lipinski definition) is 0. The van der Waals surface area contributed by atoms with Gasteiger partial charge in [-0.25, -0.2) is 5.11 Å². The molecule has 0 aliphatic heterocycles. The molecule has 0 heterocycles. The normalized spacial score (nSPS) is 12.0. The Morgan fingerprint density at radius 3 is 1.83 bits per heavy atom. The van der Waals surface area contributed by atoms with Crippen molar-refractivity contribution in [3.8, 4) is 0 Å². The standard InChI is InChI=1S/C8H14F3O/c9-8(10,11)6-4-2-1-3-5-7-12/h1-7H2. The van der Waals surface area contributed by atoms with Gasteiger partial charge in [0.15, 0.2) is 0 Å². The van der Waals surface area contributed by atoms with Gasteiger partial charge < -0.3 is 0 Å². The Hall–Kier alpha value is -0.250. The van der Waals surface area contributed by atoms with E-state index in [0.29, 0.717) is 12.8 Å². The Labute approximate surface area is 70.6 Å². The van der Waals surface area contributed by atoms with E-state index in [1.54, 1.807) is 0 Å². The van der Waals surface area contributed by atoms with Crippen molar-refractivity contribution >= 4 is 0 Å². The Bertz CT molecular complexity index is 101. The van der Waals surface area contributed by atoms with E-state index in [9.17, 15) is 18.3 Å². The van der Waals surface area contributed by atoms with Gasteiger partial charge in [0.05, 0.1) is 6.61 Å². The minimum Gasteiger partial charge on any atom is -0.237 e. The lowest BCUT2D eigenvalue weighted by atomic mass is 10.1. The molecule has 0 amide bonds. The van der Waals surface area contributed by atoms with Crippen molar-refractivity contribution in [2.24, 2.45) is 0 Å². The topological polar surface area (TPSA) is 19.9 Å². The predicted octanol–water partition coefficient (Wildman–Crippen LogP) is 3.32. The van der Waals surface area contributed by atoms with Gasteiger partial charge in [0.1, 0.15) is 0 Å². The van der Waals surface area contributed by atoms with Crippen LogP contribution in [0.1, 0.15) is 38.5 Å². The summed E-state index contributed by atoms with van der Waals surface area (Å²) in [4.78, 5) is 0. The quantitative estimate of drug-likeness (QED) is 0.563. The van der Waals surface area contributed by atoms with Crippen molar-refractivity contribution in [2.75, 3.05) is 6.61 Å². The van der Waals surface area contributed by atoms with E-state index in [-0.39, 0.29) is 13.0 Å². The van der Waals surface area contributed by atoms with E-state index in [1.165, 1.54) is 0 Å². The van der Waals surface area contributed by atoms with Crippen molar-refractivity contribution in [1.29, 1.82) is 0 Å². The number of alkyl halides is 3. The average Bonchev–Trinajstić information content (AvgIpc) is 1.94. The summed E-state index contributed by atoms with van der Waals surface area (Å²) in [6, 6.07) is 0. The zero-order chi connectivity index (χ0) is 9.45. The highest BCUT2D eigenvalue weighted by atomic mass is 19.4. The number of unbranched alkanes of at least 4 members (excludes halogenated alkanes) is 4. The largest absolute Gasteiger partial charge is 0.389 e. The van der Waals surface area contributed by atoms with Crippen LogP contribution in [0.15, 0.2) is 0 Å². The van der Waals surface area contributed by atoms with Crippen molar-refractivity contribution in [1.82, 2.24) is 0 Å². The molecule has 0 rings (SSSR count). The molecule has 73 valence electrons. The molecule has 0 atom stereocenters. The van der Waals surface area contributed by atoms with Crippen LogP contribution < -0.4 is 0 Å². The molecular formula is C8H14F3O. The summed E-state index contributed by atoms with van der Waals surface area (Å²) < 4.78 is 34.7. The Morgan fingerprint density at radius 1 is 0.833 bits per heavy atom. The summed E-state index contributed by atoms with van der Waals surface area (Å²) in [6.45, 7) is -0.112. The lowest BCUT2D eigenvalue weighted by molar-refractivity contribution is -0.135. The Morgan fingerprint density at radius 2 is 1.33 bits per heavy atom. The summed E-state index contributed by atoms with van der Waals surface area (Å²) in [5.74, 6) is 0. The van der Waals surface area contributed by atoms with Crippen LogP contribution in [-0.2, 0) is 5.11 Å². The molecule has 0 aromatic heterocycles. The van der Waals surface area contributed by atoms with E-state index >= 15 is 0 Å². The Kier molecular flexibility index (Phi) is 6.16. The van der Waals surface area contributed by atoms with Crippen molar-refractivity contribution in [3.05, 3.63) is 0 Å². The molecule has 0 unspecified atom stereocenters. The molecule has 12 heavy (non-hydrogen) atoms. The first-order chi connectivity index (χ1) is 5.56. The van der Waals surface area contributed by atoms with Crippen LogP contribution in [-0.4, -0.2) is 12.8 Å². The minimum atomic E-state index is -4.02. The molecule has 0 saturated carbocycles. The van der Waals surface area contributed by atoms with Gasteiger partial charge in [-0.05, 0) is 12.8 Å². The van der Waals surface area contributed by atoms with E-state index in [1.807, 2.05) is 0 Å². The van der Waals surface area contributed by atoms with Crippen LogP contribution in [0, 0.1) is 0 Å². The first kappa shape index (κ1) is 11.8. The fourth-order valence-corrected chi connectivity index (χ4v) is 0.958. The van der Waals surface area contributed by atoms with Crippen LogP contribution >= 0.6 is 0 Å². The highest BCUT2D eigenvalue weighted by Gasteiger charge is 2.25. The van der Waals surface area contributed by atoms with Crippen LogP contribution in [0.3, 0.4) is 0 Å². The fourth-order valence-electron chi connectivity index (χ4n) is 0.958. The fraction of sp³-hybridized carbons (Fsp3) is 1.00. The van der Waals surface area contributed by atoms with Gasteiger partial charge in [0, 0.05) is 6.42 Å². The third-order valence-corrected chi connectivity index (χ3v) is 1.60. The second-order valence-corrected chi connectivity index (χ2v) is 2.84. The zero-order valence-corrected chi connectivity index (χ0v) is 6.99. The first-order valence-electron chi connectivity index (χ1n) is 4.21. The molecule has 0 N–H and O–H groups in total. The highest BCUT2D eigenvalue weighted by Crippen LogP contribution is 2.22. The first-order valence-corrected chi connectivity index (χ1v) is 4.21. The third-order valence-electron chi connectivity index (χ3n) is 1.60. The van der Waals surface area contributed by atoms with Crippen molar-refractivity contribution in [3.63, 3.8) is 0 Å². The molecule has 0 aromatic rings. The molecular weight excluding hydrogens is 169 g/mol. The lowest BCUT2D eigenvalue weighted by Gasteiger charge is -2.04. The second kappa shape index (κ2) is 6.29. The molecule has 0 aliphatic carbocycles. The number of rotatable bonds is 6. The lowest BCUT2D eigenvalue weighted by Crippen LogP contribution is -2.06. The molecule has 1 nitrogen and oxygen atoms in total. The van der Waals surface area contributed by atoms with Gasteiger partial charge in [-0.15, -0.1) is 0 Å². The molecule has 4 heteroatoms. The van der Waals surface area contributed by atoms with Crippen LogP contribution in [0.2, 0.25) is 0 Å².